The first-order valence-corrected chi connectivity index (χ1v) is 8.47. The molecule has 1 aliphatic rings. The Morgan fingerprint density at radius 2 is 2.16 bits per heavy atom. The van der Waals surface area contributed by atoms with E-state index in [1.54, 1.807) is 6.92 Å². The number of amides is 1. The van der Waals surface area contributed by atoms with Gasteiger partial charge in [0.2, 0.25) is 5.89 Å². The van der Waals surface area contributed by atoms with E-state index in [2.05, 4.69) is 20.4 Å². The Bertz CT molecular complexity index is 879. The summed E-state index contributed by atoms with van der Waals surface area (Å²) in [6.07, 6.45) is 3.52. The van der Waals surface area contributed by atoms with E-state index in [1.165, 1.54) is 0 Å². The van der Waals surface area contributed by atoms with Gasteiger partial charge in [0.1, 0.15) is 6.04 Å². The molecule has 0 saturated carbocycles. The topological polar surface area (TPSA) is 93.0 Å². The second-order valence-corrected chi connectivity index (χ2v) is 6.33. The highest BCUT2D eigenvalue weighted by Crippen LogP contribution is 2.30. The molecule has 3 aromatic rings. The Labute approximate surface area is 144 Å². The third kappa shape index (κ3) is 3.15. The average molecular weight is 340 g/mol. The molecule has 0 radical (unpaired) electrons. The van der Waals surface area contributed by atoms with Gasteiger partial charge in [-0.2, -0.15) is 4.98 Å². The van der Waals surface area contributed by atoms with Crippen LogP contribution in [0.15, 0.2) is 35.0 Å². The van der Waals surface area contributed by atoms with Gasteiger partial charge in [-0.25, -0.2) is 0 Å². The maximum atomic E-state index is 12.9. The van der Waals surface area contributed by atoms with Gasteiger partial charge < -0.3 is 19.6 Å². The fourth-order valence-electron chi connectivity index (χ4n) is 3.36. The molecule has 1 unspecified atom stereocenters. The van der Waals surface area contributed by atoms with E-state index < -0.39 is 0 Å². The van der Waals surface area contributed by atoms with Gasteiger partial charge in [-0.15, -0.1) is 0 Å². The number of nitrogens with one attached hydrogen (secondary N) is 2. The molecule has 0 bridgehead atoms. The number of para-hydroxylation sites is 1. The zero-order valence-corrected chi connectivity index (χ0v) is 14.0. The standard InChI is InChI=1S/C18H20N4O3/c1-11-20-18(25-22-11)16(13-6-9-24-10-7-13)21-17(23)14-4-2-3-12-5-8-19-15(12)14/h2-5,8,13,16,19H,6-7,9-10H2,1H3,(H,21,23). The number of nitrogens with zero attached hydrogens (tertiary/aromatic N) is 2. The number of carbonyl (C=O) groups is 1. The second kappa shape index (κ2) is 6.68. The van der Waals surface area contributed by atoms with Crippen LogP contribution in [0.3, 0.4) is 0 Å². The Kier molecular flexibility index (Phi) is 4.23. The summed E-state index contributed by atoms with van der Waals surface area (Å²) >= 11 is 0. The molecule has 3 heterocycles. The van der Waals surface area contributed by atoms with Gasteiger partial charge >= 0.3 is 0 Å². The van der Waals surface area contributed by atoms with E-state index in [9.17, 15) is 4.79 Å². The third-order valence-corrected chi connectivity index (χ3v) is 4.67. The van der Waals surface area contributed by atoms with Crippen molar-refractivity contribution in [1.29, 1.82) is 0 Å². The van der Waals surface area contributed by atoms with Crippen molar-refractivity contribution < 1.29 is 14.1 Å². The summed E-state index contributed by atoms with van der Waals surface area (Å²) in [4.78, 5) is 20.4. The Hall–Kier alpha value is -2.67. The first-order chi connectivity index (χ1) is 12.2. The molecule has 1 aromatic carbocycles. The number of carbonyl (C=O) groups excluding carboxylic acids is 1. The first kappa shape index (κ1) is 15.8. The molecule has 0 aliphatic carbocycles. The summed E-state index contributed by atoms with van der Waals surface area (Å²) < 4.78 is 10.8. The molecule has 7 heteroatoms. The number of H-pyrrole nitrogens is 1. The lowest BCUT2D eigenvalue weighted by molar-refractivity contribution is 0.0468. The normalized spacial score (nSPS) is 16.8. The summed E-state index contributed by atoms with van der Waals surface area (Å²) in [5.74, 6) is 1.07. The van der Waals surface area contributed by atoms with E-state index in [4.69, 9.17) is 9.26 Å². The quantitative estimate of drug-likeness (QED) is 0.762. The minimum absolute atomic E-state index is 0.152. The maximum absolute atomic E-state index is 12.9. The fraction of sp³-hybridized carbons (Fsp3) is 0.389. The van der Waals surface area contributed by atoms with Gasteiger partial charge in [-0.3, -0.25) is 4.79 Å². The minimum atomic E-state index is -0.317. The molecule has 2 N–H and O–H groups in total. The van der Waals surface area contributed by atoms with Gasteiger partial charge in [0, 0.05) is 24.8 Å². The fourth-order valence-corrected chi connectivity index (χ4v) is 3.36. The van der Waals surface area contributed by atoms with Gasteiger partial charge in [0.15, 0.2) is 5.82 Å². The van der Waals surface area contributed by atoms with Crippen molar-refractivity contribution in [3.8, 4) is 0 Å². The first-order valence-electron chi connectivity index (χ1n) is 8.47. The maximum Gasteiger partial charge on any atom is 0.254 e. The molecule has 7 nitrogen and oxygen atoms in total. The molecule has 0 spiro atoms. The smallest absolute Gasteiger partial charge is 0.254 e. The number of hydrogen-bond acceptors (Lipinski definition) is 5. The predicted octanol–water partition coefficient (Wildman–Crippen LogP) is 2.76. The van der Waals surface area contributed by atoms with Crippen LogP contribution >= 0.6 is 0 Å². The number of benzene rings is 1. The van der Waals surface area contributed by atoms with Crippen LogP contribution in [-0.2, 0) is 4.74 Å². The molecular formula is C18H20N4O3. The monoisotopic (exact) mass is 340 g/mol. The van der Waals surface area contributed by atoms with Crippen LogP contribution in [0.1, 0.15) is 41.0 Å². The summed E-state index contributed by atoms with van der Waals surface area (Å²) in [7, 11) is 0. The molecule has 1 amide bonds. The van der Waals surface area contributed by atoms with E-state index in [0.29, 0.717) is 30.5 Å². The van der Waals surface area contributed by atoms with Crippen LogP contribution < -0.4 is 5.32 Å². The van der Waals surface area contributed by atoms with E-state index in [1.807, 2.05) is 30.5 Å². The summed E-state index contributed by atoms with van der Waals surface area (Å²) in [5.41, 5.74) is 1.43. The Morgan fingerprint density at radius 3 is 2.92 bits per heavy atom. The Balaban J connectivity index is 1.63. The lowest BCUT2D eigenvalue weighted by Crippen LogP contribution is -2.36. The summed E-state index contributed by atoms with van der Waals surface area (Å²) in [6.45, 7) is 3.13. The van der Waals surface area contributed by atoms with Crippen molar-refractivity contribution >= 4 is 16.8 Å². The van der Waals surface area contributed by atoms with Crippen molar-refractivity contribution in [1.82, 2.24) is 20.4 Å². The zero-order valence-electron chi connectivity index (χ0n) is 14.0. The van der Waals surface area contributed by atoms with Crippen LogP contribution in [0.4, 0.5) is 0 Å². The molecule has 1 fully saturated rings. The van der Waals surface area contributed by atoms with E-state index in [-0.39, 0.29) is 17.9 Å². The highest BCUT2D eigenvalue weighted by Gasteiger charge is 2.31. The van der Waals surface area contributed by atoms with Crippen LogP contribution in [0.5, 0.6) is 0 Å². The third-order valence-electron chi connectivity index (χ3n) is 4.67. The van der Waals surface area contributed by atoms with Crippen molar-refractivity contribution in [2.75, 3.05) is 13.2 Å². The number of fused-ring (bicyclic) bond motifs is 1. The van der Waals surface area contributed by atoms with E-state index >= 15 is 0 Å². The van der Waals surface area contributed by atoms with Crippen molar-refractivity contribution in [2.45, 2.75) is 25.8 Å². The van der Waals surface area contributed by atoms with Crippen LogP contribution in [-0.4, -0.2) is 34.2 Å². The molecule has 4 rings (SSSR count). The van der Waals surface area contributed by atoms with Crippen LogP contribution in [0.25, 0.3) is 10.9 Å². The van der Waals surface area contributed by atoms with Gasteiger partial charge in [-0.1, -0.05) is 17.3 Å². The lowest BCUT2D eigenvalue weighted by Gasteiger charge is -2.28. The molecule has 1 aliphatic heterocycles. The van der Waals surface area contributed by atoms with Crippen LogP contribution in [0, 0.1) is 12.8 Å². The van der Waals surface area contributed by atoms with E-state index in [0.717, 1.165) is 23.7 Å². The van der Waals surface area contributed by atoms with Crippen LogP contribution in [0.2, 0.25) is 0 Å². The average Bonchev–Trinajstić information content (AvgIpc) is 3.28. The van der Waals surface area contributed by atoms with Gasteiger partial charge in [0.05, 0.1) is 11.1 Å². The number of hydrogen-bond donors (Lipinski definition) is 2. The summed E-state index contributed by atoms with van der Waals surface area (Å²) in [6, 6.07) is 7.30. The molecular weight excluding hydrogens is 320 g/mol. The Morgan fingerprint density at radius 1 is 1.32 bits per heavy atom. The highest BCUT2D eigenvalue weighted by molar-refractivity contribution is 6.05. The van der Waals surface area contributed by atoms with Crippen molar-refractivity contribution in [3.63, 3.8) is 0 Å². The number of rotatable bonds is 4. The summed E-state index contributed by atoms with van der Waals surface area (Å²) in [5, 5.41) is 7.99. The number of aryl methyl sites for hydroxylation is 1. The zero-order chi connectivity index (χ0) is 17.2. The molecule has 130 valence electrons. The minimum Gasteiger partial charge on any atom is -0.381 e. The molecule has 1 atom stereocenters. The SMILES string of the molecule is Cc1noc(C(NC(=O)c2cccc3cc[nH]c23)C2CCOCC2)n1. The van der Waals surface area contributed by atoms with Gasteiger partial charge in [-0.05, 0) is 37.8 Å². The van der Waals surface area contributed by atoms with Crippen molar-refractivity contribution in [2.24, 2.45) is 5.92 Å². The molecule has 1 saturated heterocycles. The number of ether oxygens (including phenoxy) is 1. The lowest BCUT2D eigenvalue weighted by atomic mass is 9.91. The largest absolute Gasteiger partial charge is 0.381 e. The highest BCUT2D eigenvalue weighted by atomic mass is 16.5. The number of aromatic nitrogens is 3. The van der Waals surface area contributed by atoms with Gasteiger partial charge in [0.25, 0.3) is 5.91 Å². The molecule has 25 heavy (non-hydrogen) atoms. The second-order valence-electron chi connectivity index (χ2n) is 6.33. The van der Waals surface area contributed by atoms with Crippen molar-refractivity contribution in [3.05, 3.63) is 47.7 Å². The molecule has 2 aromatic heterocycles. The number of aromatic amines is 1. The predicted molar refractivity (Wildman–Crippen MR) is 91.1 cm³/mol.